The first-order chi connectivity index (χ1) is 40.5. The first-order valence-corrected chi connectivity index (χ1v) is 26.7. The van der Waals surface area contributed by atoms with E-state index >= 15 is 0 Å². The lowest BCUT2D eigenvalue weighted by molar-refractivity contribution is 0.0468. The van der Waals surface area contributed by atoms with Gasteiger partial charge in [-0.2, -0.15) is 0 Å². The van der Waals surface area contributed by atoms with Crippen molar-refractivity contribution in [3.63, 3.8) is 0 Å². The van der Waals surface area contributed by atoms with Gasteiger partial charge < -0.3 is 43.4 Å². The molecule has 418 valence electrons. The Morgan fingerprint density at radius 2 is 0.663 bits per heavy atom. The minimum absolute atomic E-state index is 0.0469. The number of hydrogen-bond acceptors (Lipinski definition) is 14. The van der Waals surface area contributed by atoms with E-state index in [1.165, 1.54) is 24.3 Å². The molecule has 3 saturated heterocycles. The van der Waals surface area contributed by atoms with Gasteiger partial charge in [0.1, 0.15) is 48.4 Å². The number of aliphatic imine (C=N–C) groups is 3. The van der Waals surface area contributed by atoms with E-state index < -0.39 is 11.9 Å². The van der Waals surface area contributed by atoms with Crippen LogP contribution in [0.25, 0.3) is 12.2 Å². The molecule has 83 heavy (non-hydrogen) atoms. The highest BCUT2D eigenvalue weighted by Crippen LogP contribution is 2.27. The van der Waals surface area contributed by atoms with E-state index in [0.717, 1.165) is 51.5 Å². The van der Waals surface area contributed by atoms with Crippen LogP contribution in [-0.2, 0) is 23.7 Å². The lowest BCUT2D eigenvalue weighted by Crippen LogP contribution is -2.09. The maximum Gasteiger partial charge on any atom is 0.338 e. The fourth-order valence-corrected chi connectivity index (χ4v) is 7.39. The topological polar surface area (TPSA) is 220 Å². The van der Waals surface area contributed by atoms with Crippen LogP contribution in [0.1, 0.15) is 69.2 Å². The van der Waals surface area contributed by atoms with Crippen molar-refractivity contribution < 1.29 is 62.5 Å². The van der Waals surface area contributed by atoms with Crippen LogP contribution in [0.2, 0.25) is 0 Å². The Labute approximate surface area is 483 Å². The van der Waals surface area contributed by atoms with Gasteiger partial charge >= 0.3 is 23.9 Å². The summed E-state index contributed by atoms with van der Waals surface area (Å²) in [7, 11) is 0. The van der Waals surface area contributed by atoms with Gasteiger partial charge in [-0.05, 0) is 173 Å². The number of halogens is 1. The van der Waals surface area contributed by atoms with Crippen molar-refractivity contribution in [3.05, 3.63) is 244 Å². The average Bonchev–Trinajstić information content (AvgIpc) is 4.37. The highest BCUT2D eigenvalue weighted by molar-refractivity contribution is 6.18. The zero-order chi connectivity index (χ0) is 57.8. The standard InChI is InChI=1S/C35H29NO7.C28H20N2O5.C3H5ClO/c37-34(41-22-32-20-39-32)27-9-3-24(4-10-27)1-2-25-7-15-30(16-8-25)43-31-17-13-29(14-18-31)36-19-26-5-11-28(12-6-26)35(38)42-23-33-21-40-33;31-27(32)21-5-1-19(2-6-21)17-30-24-11-15-26(16-12-24)35-25-13-3-20(4-14-25)18-29-23-9-7-22(8-10-23)28(33)34;4-1-3-2-5-3/h1-19,32-33H,20-23H2;1-18H,(H,31,32)(H,33,34);3H,1-2H2. The molecule has 3 aliphatic heterocycles. The van der Waals surface area contributed by atoms with E-state index in [9.17, 15) is 19.2 Å². The third-order valence-electron chi connectivity index (χ3n) is 12.2. The minimum Gasteiger partial charge on any atom is -0.478 e. The molecule has 0 aliphatic carbocycles. The Morgan fingerprint density at radius 3 is 0.964 bits per heavy atom. The number of aromatic carboxylic acids is 2. The van der Waals surface area contributed by atoms with Crippen LogP contribution in [0.5, 0.6) is 23.0 Å². The molecule has 0 amide bonds. The molecule has 3 fully saturated rings. The number of esters is 2. The molecule has 8 aromatic carbocycles. The van der Waals surface area contributed by atoms with Crippen LogP contribution in [0.4, 0.5) is 17.1 Å². The zero-order valence-corrected chi connectivity index (χ0v) is 45.2. The van der Waals surface area contributed by atoms with Crippen molar-refractivity contribution in [1.82, 2.24) is 0 Å². The van der Waals surface area contributed by atoms with Crippen LogP contribution >= 0.6 is 11.6 Å². The molecule has 17 heteroatoms. The lowest BCUT2D eigenvalue weighted by Gasteiger charge is -2.06. The zero-order valence-electron chi connectivity index (χ0n) is 44.4. The molecular formula is C66H54ClN3O13. The Morgan fingerprint density at radius 1 is 0.398 bits per heavy atom. The molecule has 2 N–H and O–H groups in total. The largest absolute Gasteiger partial charge is 0.478 e. The monoisotopic (exact) mass is 1130 g/mol. The second-order valence-corrected chi connectivity index (χ2v) is 19.0. The molecule has 0 radical (unpaired) electrons. The molecule has 16 nitrogen and oxygen atoms in total. The third-order valence-corrected chi connectivity index (χ3v) is 12.6. The van der Waals surface area contributed by atoms with Crippen molar-refractivity contribution in [3.8, 4) is 23.0 Å². The fraction of sp³-hybridized carbons (Fsp3) is 0.136. The van der Waals surface area contributed by atoms with Gasteiger partial charge in [-0.1, -0.05) is 60.7 Å². The number of carboxylic acids is 2. The van der Waals surface area contributed by atoms with Gasteiger partial charge in [-0.25, -0.2) is 19.2 Å². The smallest absolute Gasteiger partial charge is 0.338 e. The Kier molecular flexibility index (Phi) is 20.2. The Hall–Kier alpha value is -9.84. The summed E-state index contributed by atoms with van der Waals surface area (Å²) in [5, 5.41) is 17.9. The number of carbonyl (C=O) groups is 4. The molecule has 3 heterocycles. The third kappa shape index (κ3) is 19.4. The minimum atomic E-state index is -0.969. The van der Waals surface area contributed by atoms with Crippen molar-refractivity contribution in [2.45, 2.75) is 18.3 Å². The number of ether oxygens (including phenoxy) is 7. The van der Waals surface area contributed by atoms with Crippen molar-refractivity contribution in [1.29, 1.82) is 0 Å². The maximum absolute atomic E-state index is 12.1. The van der Waals surface area contributed by atoms with Crippen LogP contribution in [0.3, 0.4) is 0 Å². The van der Waals surface area contributed by atoms with Crippen LogP contribution in [0, 0.1) is 0 Å². The molecule has 0 saturated carbocycles. The number of hydrogen-bond donors (Lipinski definition) is 2. The summed E-state index contributed by atoms with van der Waals surface area (Å²) in [5.74, 6) is 0.786. The van der Waals surface area contributed by atoms with E-state index in [-0.39, 0.29) is 35.3 Å². The molecule has 3 unspecified atom stereocenters. The fourth-order valence-electron chi connectivity index (χ4n) is 7.21. The molecule has 3 aliphatic rings. The van der Waals surface area contributed by atoms with Gasteiger partial charge in [0.15, 0.2) is 0 Å². The number of rotatable bonds is 21. The second-order valence-electron chi connectivity index (χ2n) is 18.7. The van der Waals surface area contributed by atoms with E-state index in [1.807, 2.05) is 133 Å². The van der Waals surface area contributed by atoms with Crippen LogP contribution in [0.15, 0.2) is 209 Å². The first-order valence-electron chi connectivity index (χ1n) is 26.1. The molecule has 3 atom stereocenters. The van der Waals surface area contributed by atoms with Gasteiger partial charge in [-0.15, -0.1) is 11.6 Å². The quantitative estimate of drug-likeness (QED) is 0.0225. The van der Waals surface area contributed by atoms with Gasteiger partial charge in [0.05, 0.1) is 71.1 Å². The summed E-state index contributed by atoms with van der Waals surface area (Å²) in [6.45, 7) is 2.78. The molecule has 0 aromatic heterocycles. The number of alkyl halides is 1. The van der Waals surface area contributed by atoms with E-state index in [4.69, 9.17) is 55.0 Å². The van der Waals surface area contributed by atoms with Gasteiger partial charge in [-0.3, -0.25) is 15.0 Å². The van der Waals surface area contributed by atoms with Gasteiger partial charge in [0.25, 0.3) is 0 Å². The van der Waals surface area contributed by atoms with Crippen molar-refractivity contribution in [2.75, 3.05) is 38.9 Å². The Balaban J connectivity index is 0.000000187. The predicted molar refractivity (Wildman–Crippen MR) is 317 cm³/mol. The highest BCUT2D eigenvalue weighted by atomic mass is 35.5. The maximum atomic E-state index is 12.1. The van der Waals surface area contributed by atoms with E-state index in [0.29, 0.717) is 72.5 Å². The normalized spacial score (nSPS) is 15.6. The number of nitrogens with zero attached hydrogens (tertiary/aromatic N) is 3. The van der Waals surface area contributed by atoms with E-state index in [2.05, 4.69) is 15.0 Å². The van der Waals surface area contributed by atoms with Crippen LogP contribution < -0.4 is 9.47 Å². The summed E-state index contributed by atoms with van der Waals surface area (Å²) in [4.78, 5) is 59.2. The summed E-state index contributed by atoms with van der Waals surface area (Å²) < 4.78 is 37.1. The second kappa shape index (κ2) is 29.0. The van der Waals surface area contributed by atoms with Crippen LogP contribution in [-0.4, -0.2) is 110 Å². The number of benzene rings is 8. The van der Waals surface area contributed by atoms with Gasteiger partial charge in [0.2, 0.25) is 0 Å². The van der Waals surface area contributed by atoms with Crippen molar-refractivity contribution in [2.24, 2.45) is 15.0 Å². The molecule has 0 spiro atoms. The number of epoxide rings is 3. The van der Waals surface area contributed by atoms with E-state index in [1.54, 1.807) is 67.2 Å². The summed E-state index contributed by atoms with van der Waals surface area (Å²) in [6, 6.07) is 57.1. The summed E-state index contributed by atoms with van der Waals surface area (Å²) in [6.07, 6.45) is 9.59. The van der Waals surface area contributed by atoms with Crippen molar-refractivity contribution >= 4 is 83.3 Å². The van der Waals surface area contributed by atoms with Gasteiger partial charge in [0, 0.05) is 18.6 Å². The molecule has 8 aromatic rings. The Bertz CT molecular complexity index is 3330. The molecular weight excluding hydrogens is 1080 g/mol. The highest BCUT2D eigenvalue weighted by Gasteiger charge is 2.25. The summed E-state index contributed by atoms with van der Waals surface area (Å²) >= 11 is 5.27. The molecule has 0 bridgehead atoms. The lowest BCUT2D eigenvalue weighted by atomic mass is 10.1. The first kappa shape index (κ1) is 57.8. The predicted octanol–water partition coefficient (Wildman–Crippen LogP) is 13.5. The summed E-state index contributed by atoms with van der Waals surface area (Å²) in [5.41, 5.74) is 8.18. The SMILES string of the molecule is ClCC1CO1.O=C(O)c1ccc(C=Nc2ccc(Oc3ccc(C=Nc4ccc(C(=O)O)cc4)cc3)cc2)cc1.O=C(OCC1CO1)c1ccc(C=Cc2ccc(Oc3ccc(N=Cc4ccc(C(=O)OCC5CO5)cc4)cc3)cc2)cc1. The molecule has 11 rings (SSSR count). The average molecular weight is 1130 g/mol. The number of carboxylic acid groups (broad SMARTS) is 2. The number of carbonyl (C=O) groups excluding carboxylic acids is 2.